The lowest BCUT2D eigenvalue weighted by Gasteiger charge is -2.19. The van der Waals surface area contributed by atoms with Crippen molar-refractivity contribution in [3.63, 3.8) is 0 Å². The summed E-state index contributed by atoms with van der Waals surface area (Å²) in [6.45, 7) is 11.5. The first-order chi connectivity index (χ1) is 9.88. The Balaban J connectivity index is 2.19. The van der Waals surface area contributed by atoms with E-state index in [2.05, 4.69) is 46.4 Å². The molecule has 6 heteroatoms. The second kappa shape index (κ2) is 6.11. The first-order valence-corrected chi connectivity index (χ1v) is 7.17. The van der Waals surface area contributed by atoms with E-state index in [-0.39, 0.29) is 5.41 Å². The van der Waals surface area contributed by atoms with E-state index in [4.69, 9.17) is 4.42 Å². The number of rotatable bonds is 5. The summed E-state index contributed by atoms with van der Waals surface area (Å²) in [5, 5.41) is 6.47. The minimum absolute atomic E-state index is 0.110. The molecular weight excluding hydrogens is 266 g/mol. The van der Waals surface area contributed by atoms with E-state index in [1.54, 1.807) is 6.20 Å². The molecule has 114 valence electrons. The third-order valence-corrected chi connectivity index (χ3v) is 2.84. The minimum atomic E-state index is -0.110. The maximum Gasteiger partial charge on any atom is 0.213 e. The molecule has 0 amide bonds. The Hall–Kier alpha value is -2.11. The average molecular weight is 289 g/mol. The number of hydrogen-bond acceptors (Lipinski definition) is 6. The number of aryl methyl sites for hydroxylation is 1. The SMILES string of the molecule is CCNc1cc(NCc2ncc(C)o2)nc(C(C)(C)C)n1. The van der Waals surface area contributed by atoms with Crippen LogP contribution in [0.15, 0.2) is 16.7 Å². The molecule has 2 aromatic heterocycles. The van der Waals surface area contributed by atoms with E-state index in [9.17, 15) is 0 Å². The van der Waals surface area contributed by atoms with Crippen molar-refractivity contribution in [3.05, 3.63) is 29.7 Å². The van der Waals surface area contributed by atoms with Crippen molar-refractivity contribution >= 4 is 11.6 Å². The van der Waals surface area contributed by atoms with Crippen LogP contribution in [-0.4, -0.2) is 21.5 Å². The molecule has 2 heterocycles. The molecule has 0 saturated heterocycles. The summed E-state index contributed by atoms with van der Waals surface area (Å²) in [6, 6.07) is 1.90. The maximum absolute atomic E-state index is 5.45. The van der Waals surface area contributed by atoms with Crippen LogP contribution >= 0.6 is 0 Å². The zero-order valence-electron chi connectivity index (χ0n) is 13.3. The van der Waals surface area contributed by atoms with Gasteiger partial charge in [-0.05, 0) is 13.8 Å². The highest BCUT2D eigenvalue weighted by atomic mass is 16.4. The van der Waals surface area contributed by atoms with Crippen molar-refractivity contribution in [2.75, 3.05) is 17.2 Å². The van der Waals surface area contributed by atoms with Gasteiger partial charge in [0, 0.05) is 18.0 Å². The normalized spacial score (nSPS) is 11.5. The molecule has 0 fully saturated rings. The molecule has 2 N–H and O–H groups in total. The number of anilines is 2. The number of aromatic nitrogens is 3. The Morgan fingerprint density at radius 3 is 2.33 bits per heavy atom. The van der Waals surface area contributed by atoms with E-state index in [0.717, 1.165) is 29.8 Å². The largest absolute Gasteiger partial charge is 0.444 e. The van der Waals surface area contributed by atoms with Gasteiger partial charge in [-0.15, -0.1) is 0 Å². The highest BCUT2D eigenvalue weighted by Crippen LogP contribution is 2.22. The van der Waals surface area contributed by atoms with Crippen LogP contribution in [0.3, 0.4) is 0 Å². The lowest BCUT2D eigenvalue weighted by molar-refractivity contribution is 0.478. The lowest BCUT2D eigenvalue weighted by atomic mass is 9.96. The molecule has 2 rings (SSSR count). The molecular formula is C15H23N5O. The van der Waals surface area contributed by atoms with Crippen LogP contribution in [0.25, 0.3) is 0 Å². The van der Waals surface area contributed by atoms with Crippen molar-refractivity contribution in [1.82, 2.24) is 15.0 Å². The van der Waals surface area contributed by atoms with Gasteiger partial charge < -0.3 is 15.1 Å². The average Bonchev–Trinajstić information content (AvgIpc) is 2.81. The Labute approximate surface area is 125 Å². The molecule has 2 aromatic rings. The van der Waals surface area contributed by atoms with Gasteiger partial charge in [0.15, 0.2) is 0 Å². The van der Waals surface area contributed by atoms with Gasteiger partial charge in [-0.25, -0.2) is 15.0 Å². The van der Waals surface area contributed by atoms with Crippen molar-refractivity contribution in [2.45, 2.75) is 46.6 Å². The fourth-order valence-corrected chi connectivity index (χ4v) is 1.79. The van der Waals surface area contributed by atoms with E-state index >= 15 is 0 Å². The Kier molecular flexibility index (Phi) is 4.45. The van der Waals surface area contributed by atoms with Crippen molar-refractivity contribution in [3.8, 4) is 0 Å². The molecule has 6 nitrogen and oxygen atoms in total. The van der Waals surface area contributed by atoms with Crippen LogP contribution in [0.2, 0.25) is 0 Å². The summed E-state index contributed by atoms with van der Waals surface area (Å²) >= 11 is 0. The smallest absolute Gasteiger partial charge is 0.213 e. The van der Waals surface area contributed by atoms with E-state index in [1.165, 1.54) is 0 Å². The summed E-state index contributed by atoms with van der Waals surface area (Å²) in [5.41, 5.74) is -0.110. The van der Waals surface area contributed by atoms with Crippen LogP contribution < -0.4 is 10.6 Å². The summed E-state index contributed by atoms with van der Waals surface area (Å²) in [5.74, 6) is 3.84. The van der Waals surface area contributed by atoms with Gasteiger partial charge in [0.2, 0.25) is 5.89 Å². The molecule has 0 aliphatic heterocycles. The van der Waals surface area contributed by atoms with Crippen LogP contribution in [0, 0.1) is 6.92 Å². The molecule has 0 aliphatic rings. The fraction of sp³-hybridized carbons (Fsp3) is 0.533. The fourth-order valence-electron chi connectivity index (χ4n) is 1.79. The number of oxazole rings is 1. The van der Waals surface area contributed by atoms with Crippen molar-refractivity contribution < 1.29 is 4.42 Å². The molecule has 0 atom stereocenters. The van der Waals surface area contributed by atoms with E-state index in [0.29, 0.717) is 12.4 Å². The summed E-state index contributed by atoms with van der Waals surface area (Å²) in [4.78, 5) is 13.3. The monoisotopic (exact) mass is 289 g/mol. The first-order valence-electron chi connectivity index (χ1n) is 7.17. The predicted octanol–water partition coefficient (Wildman–Crippen LogP) is 3.11. The van der Waals surface area contributed by atoms with Gasteiger partial charge in [0.1, 0.15) is 23.2 Å². The maximum atomic E-state index is 5.45. The quantitative estimate of drug-likeness (QED) is 0.880. The van der Waals surface area contributed by atoms with E-state index < -0.39 is 0 Å². The second-order valence-electron chi connectivity index (χ2n) is 5.96. The van der Waals surface area contributed by atoms with E-state index in [1.807, 2.05) is 19.9 Å². The summed E-state index contributed by atoms with van der Waals surface area (Å²) < 4.78 is 5.45. The number of nitrogens with one attached hydrogen (secondary N) is 2. The zero-order valence-corrected chi connectivity index (χ0v) is 13.3. The third kappa shape index (κ3) is 4.18. The van der Waals surface area contributed by atoms with Crippen molar-refractivity contribution in [2.24, 2.45) is 0 Å². The van der Waals surface area contributed by atoms with Gasteiger partial charge in [0.25, 0.3) is 0 Å². The molecule has 0 aromatic carbocycles. The Morgan fingerprint density at radius 2 is 1.81 bits per heavy atom. The third-order valence-electron chi connectivity index (χ3n) is 2.84. The highest BCUT2D eigenvalue weighted by Gasteiger charge is 2.19. The molecule has 0 radical (unpaired) electrons. The van der Waals surface area contributed by atoms with Gasteiger partial charge in [-0.1, -0.05) is 20.8 Å². The molecule has 0 saturated carbocycles. The van der Waals surface area contributed by atoms with Crippen LogP contribution in [0.4, 0.5) is 11.6 Å². The van der Waals surface area contributed by atoms with Crippen LogP contribution in [0.1, 0.15) is 45.2 Å². The molecule has 0 aliphatic carbocycles. The highest BCUT2D eigenvalue weighted by molar-refractivity contribution is 5.48. The molecule has 0 unspecified atom stereocenters. The first kappa shape index (κ1) is 15.3. The minimum Gasteiger partial charge on any atom is -0.444 e. The van der Waals surface area contributed by atoms with Crippen LogP contribution in [-0.2, 0) is 12.0 Å². The Bertz CT molecular complexity index is 600. The molecule has 0 spiro atoms. The van der Waals surface area contributed by atoms with Gasteiger partial charge >= 0.3 is 0 Å². The second-order valence-corrected chi connectivity index (χ2v) is 5.96. The molecule has 21 heavy (non-hydrogen) atoms. The number of hydrogen-bond donors (Lipinski definition) is 2. The standard InChI is InChI=1S/C15H23N5O/c1-6-16-11-7-12(20-14(19-11)15(3,4)5)17-9-13-18-8-10(2)21-13/h7-8H,6,9H2,1-5H3,(H2,16,17,19,20). The van der Waals surface area contributed by atoms with Gasteiger partial charge in [-0.2, -0.15) is 0 Å². The van der Waals surface area contributed by atoms with Gasteiger partial charge in [0.05, 0.1) is 12.7 Å². The lowest BCUT2D eigenvalue weighted by Crippen LogP contribution is -2.18. The predicted molar refractivity (Wildman–Crippen MR) is 83.5 cm³/mol. The molecule has 0 bridgehead atoms. The summed E-state index contributed by atoms with van der Waals surface area (Å²) in [6.07, 6.45) is 1.71. The van der Waals surface area contributed by atoms with Gasteiger partial charge in [-0.3, -0.25) is 0 Å². The van der Waals surface area contributed by atoms with Crippen molar-refractivity contribution in [1.29, 1.82) is 0 Å². The van der Waals surface area contributed by atoms with Crippen LogP contribution in [0.5, 0.6) is 0 Å². The Morgan fingerprint density at radius 1 is 1.14 bits per heavy atom. The summed E-state index contributed by atoms with van der Waals surface area (Å²) in [7, 11) is 0. The topological polar surface area (TPSA) is 75.9 Å². The zero-order chi connectivity index (χ0) is 15.5. The number of nitrogens with zero attached hydrogens (tertiary/aromatic N) is 3.